The lowest BCUT2D eigenvalue weighted by Crippen LogP contribution is -2.30. The summed E-state index contributed by atoms with van der Waals surface area (Å²) in [7, 11) is 0. The van der Waals surface area contributed by atoms with Crippen molar-refractivity contribution in [1.29, 1.82) is 0 Å². The Kier molecular flexibility index (Phi) is 54.4. The van der Waals surface area contributed by atoms with Crippen LogP contribution in [0.2, 0.25) is 0 Å². The van der Waals surface area contributed by atoms with Crippen molar-refractivity contribution in [2.75, 3.05) is 13.2 Å². The number of ether oxygens (including phenoxy) is 3. The first-order valence-corrected chi connectivity index (χ1v) is 31.2. The van der Waals surface area contributed by atoms with Crippen molar-refractivity contribution in [1.82, 2.24) is 0 Å². The van der Waals surface area contributed by atoms with E-state index < -0.39 is 6.10 Å². The number of rotatable bonds is 57. The summed E-state index contributed by atoms with van der Waals surface area (Å²) in [6, 6.07) is 0. The second kappa shape index (κ2) is 55.7. The molecule has 0 aromatic rings. The largest absolute Gasteiger partial charge is 0.462 e. The Labute approximate surface area is 431 Å². The Bertz CT molecular complexity index is 1060. The predicted molar refractivity (Wildman–Crippen MR) is 298 cm³/mol. The van der Waals surface area contributed by atoms with Crippen LogP contribution in [0.1, 0.15) is 356 Å². The van der Waals surface area contributed by atoms with E-state index >= 15 is 0 Å². The highest BCUT2D eigenvalue weighted by Gasteiger charge is 2.19. The molecule has 0 spiro atoms. The maximum atomic E-state index is 12.9. The van der Waals surface area contributed by atoms with Crippen LogP contribution < -0.4 is 0 Å². The fourth-order valence-electron chi connectivity index (χ4n) is 9.76. The van der Waals surface area contributed by atoms with Crippen LogP contribution in [0.15, 0.2) is 0 Å². The average Bonchev–Trinajstić information content (AvgIpc) is 3.32. The highest BCUT2D eigenvalue weighted by Crippen LogP contribution is 2.19. The molecule has 0 aliphatic heterocycles. The van der Waals surface area contributed by atoms with Gasteiger partial charge in [-0.05, 0) is 31.1 Å². The van der Waals surface area contributed by atoms with Crippen LogP contribution in [0, 0.1) is 11.8 Å². The van der Waals surface area contributed by atoms with Crippen LogP contribution >= 0.6 is 0 Å². The highest BCUT2D eigenvalue weighted by atomic mass is 16.6. The number of hydrogen-bond acceptors (Lipinski definition) is 6. The molecule has 0 N–H and O–H groups in total. The maximum Gasteiger partial charge on any atom is 0.306 e. The van der Waals surface area contributed by atoms with Gasteiger partial charge in [-0.25, -0.2) is 0 Å². The average molecular weight is 976 g/mol. The second-order valence-electron chi connectivity index (χ2n) is 22.6. The molecule has 0 saturated carbocycles. The van der Waals surface area contributed by atoms with E-state index in [1.165, 1.54) is 244 Å². The van der Waals surface area contributed by atoms with Gasteiger partial charge >= 0.3 is 17.9 Å². The fourth-order valence-corrected chi connectivity index (χ4v) is 9.76. The molecule has 0 aromatic carbocycles. The number of hydrogen-bond donors (Lipinski definition) is 0. The van der Waals surface area contributed by atoms with Gasteiger partial charge in [0.1, 0.15) is 13.2 Å². The zero-order chi connectivity index (χ0) is 50.4. The molecule has 0 heterocycles. The first-order valence-electron chi connectivity index (χ1n) is 31.2. The third-order valence-corrected chi connectivity index (χ3v) is 14.5. The molecule has 1 atom stereocenters. The van der Waals surface area contributed by atoms with E-state index in [0.717, 1.165) is 69.6 Å². The quantitative estimate of drug-likeness (QED) is 0.0343. The minimum atomic E-state index is -0.763. The summed E-state index contributed by atoms with van der Waals surface area (Å²) in [5.74, 6) is 0.859. The van der Waals surface area contributed by atoms with E-state index in [4.69, 9.17) is 14.2 Å². The lowest BCUT2D eigenvalue weighted by Gasteiger charge is -2.18. The number of esters is 3. The molecule has 0 aliphatic carbocycles. The van der Waals surface area contributed by atoms with E-state index in [1.807, 2.05) is 0 Å². The molecule has 410 valence electrons. The van der Waals surface area contributed by atoms with Crippen LogP contribution in [0.3, 0.4) is 0 Å². The Balaban J connectivity index is 4.29. The molecule has 0 fully saturated rings. The molecule has 0 rings (SSSR count). The van der Waals surface area contributed by atoms with Gasteiger partial charge in [0.25, 0.3) is 0 Å². The monoisotopic (exact) mass is 975 g/mol. The number of carbonyl (C=O) groups excluding carboxylic acids is 3. The first-order chi connectivity index (χ1) is 33.7. The second-order valence-corrected chi connectivity index (χ2v) is 22.6. The highest BCUT2D eigenvalue weighted by molar-refractivity contribution is 5.71. The molecular formula is C63H122O6. The number of carbonyl (C=O) groups is 3. The molecule has 6 heteroatoms. The van der Waals surface area contributed by atoms with Crippen molar-refractivity contribution < 1.29 is 28.6 Å². The van der Waals surface area contributed by atoms with Gasteiger partial charge in [-0.15, -0.1) is 0 Å². The van der Waals surface area contributed by atoms with Crippen LogP contribution in [0.25, 0.3) is 0 Å². The third kappa shape index (κ3) is 57.2. The van der Waals surface area contributed by atoms with E-state index in [1.54, 1.807) is 0 Å². The van der Waals surface area contributed by atoms with Crippen LogP contribution in [-0.2, 0) is 28.6 Å². The lowest BCUT2D eigenvalue weighted by molar-refractivity contribution is -0.167. The van der Waals surface area contributed by atoms with E-state index in [9.17, 15) is 14.4 Å². The van der Waals surface area contributed by atoms with Crippen molar-refractivity contribution in [3.63, 3.8) is 0 Å². The molecular weight excluding hydrogens is 853 g/mol. The van der Waals surface area contributed by atoms with Gasteiger partial charge in [-0.2, -0.15) is 0 Å². The van der Waals surface area contributed by atoms with E-state index in [-0.39, 0.29) is 31.1 Å². The standard InChI is InChI=1S/C63H122O6/c1-6-7-8-9-10-11-12-13-14-18-23-28-33-38-43-48-53-61(64)67-56-60(57-68-62(65)54-49-44-39-34-29-25-20-22-27-32-37-42-47-52-59(4)5)69-63(66)55-50-45-40-35-30-24-19-16-15-17-21-26-31-36-41-46-51-58(2)3/h58-60H,6-57H2,1-5H3/t60-/m1/s1. The molecule has 0 aromatic heterocycles. The zero-order valence-electron chi connectivity index (χ0n) is 47.5. The lowest BCUT2D eigenvalue weighted by atomic mass is 10.0. The molecule has 0 unspecified atom stereocenters. The van der Waals surface area contributed by atoms with Crippen molar-refractivity contribution in [2.24, 2.45) is 11.8 Å². The van der Waals surface area contributed by atoms with E-state index in [0.29, 0.717) is 19.3 Å². The van der Waals surface area contributed by atoms with Gasteiger partial charge in [0.15, 0.2) is 6.10 Å². The first kappa shape index (κ1) is 67.4. The Hall–Kier alpha value is -1.59. The number of unbranched alkanes of at least 4 members (excludes halogenated alkanes) is 42. The van der Waals surface area contributed by atoms with Crippen LogP contribution in [0.5, 0.6) is 0 Å². The molecule has 6 nitrogen and oxygen atoms in total. The summed E-state index contributed by atoms with van der Waals surface area (Å²) in [5.41, 5.74) is 0. The minimum absolute atomic E-state index is 0.0619. The molecule has 0 bridgehead atoms. The molecule has 0 saturated heterocycles. The van der Waals surface area contributed by atoms with Crippen molar-refractivity contribution in [2.45, 2.75) is 362 Å². The molecule has 0 aliphatic rings. The Morgan fingerprint density at radius 1 is 0.275 bits per heavy atom. The van der Waals surface area contributed by atoms with Gasteiger partial charge in [0.05, 0.1) is 0 Å². The summed E-state index contributed by atoms with van der Waals surface area (Å²) in [4.78, 5) is 38.3. The smallest absolute Gasteiger partial charge is 0.306 e. The van der Waals surface area contributed by atoms with Crippen molar-refractivity contribution in [3.8, 4) is 0 Å². The summed E-state index contributed by atoms with van der Waals surface area (Å²) in [6.45, 7) is 11.4. The van der Waals surface area contributed by atoms with E-state index in [2.05, 4.69) is 34.6 Å². The van der Waals surface area contributed by atoms with Gasteiger partial charge in [-0.1, -0.05) is 317 Å². The van der Waals surface area contributed by atoms with Crippen molar-refractivity contribution in [3.05, 3.63) is 0 Å². The van der Waals surface area contributed by atoms with Gasteiger partial charge < -0.3 is 14.2 Å². The minimum Gasteiger partial charge on any atom is -0.462 e. The van der Waals surface area contributed by atoms with Crippen LogP contribution in [0.4, 0.5) is 0 Å². The predicted octanol–water partition coefficient (Wildman–Crippen LogP) is 20.8. The normalized spacial score (nSPS) is 12.0. The molecule has 0 amide bonds. The Morgan fingerprint density at radius 3 is 0.710 bits per heavy atom. The van der Waals surface area contributed by atoms with Crippen molar-refractivity contribution >= 4 is 17.9 Å². The molecule has 0 radical (unpaired) electrons. The third-order valence-electron chi connectivity index (χ3n) is 14.5. The van der Waals surface area contributed by atoms with Gasteiger partial charge in [-0.3, -0.25) is 14.4 Å². The SMILES string of the molecule is CCCCCCCCCCCCCCCCCCC(=O)OC[C@H](COC(=O)CCCCCCCCCCCCCCCC(C)C)OC(=O)CCCCCCCCCCCCCCCCCCC(C)C. The zero-order valence-corrected chi connectivity index (χ0v) is 47.5. The fraction of sp³-hybridized carbons (Fsp3) is 0.952. The topological polar surface area (TPSA) is 78.9 Å². The van der Waals surface area contributed by atoms with Gasteiger partial charge in [0, 0.05) is 19.3 Å². The maximum absolute atomic E-state index is 12.9. The Morgan fingerprint density at radius 2 is 0.478 bits per heavy atom. The summed E-state index contributed by atoms with van der Waals surface area (Å²) in [6.07, 6.45) is 61.0. The molecule has 69 heavy (non-hydrogen) atoms. The summed E-state index contributed by atoms with van der Waals surface area (Å²) >= 11 is 0. The summed E-state index contributed by atoms with van der Waals surface area (Å²) < 4.78 is 16.9. The summed E-state index contributed by atoms with van der Waals surface area (Å²) in [5, 5.41) is 0. The van der Waals surface area contributed by atoms with Gasteiger partial charge in [0.2, 0.25) is 0 Å². The van der Waals surface area contributed by atoms with Crippen LogP contribution in [-0.4, -0.2) is 37.2 Å².